The number of phenols is 1. The summed E-state index contributed by atoms with van der Waals surface area (Å²) in [5.41, 5.74) is 13.7. The molecule has 2 heteroatoms. The fraction of sp³-hybridized carbons (Fsp3) is 0.356. The first kappa shape index (κ1) is 51.2. The van der Waals surface area contributed by atoms with Crippen molar-refractivity contribution in [3.63, 3.8) is 0 Å². The molecule has 0 unspecified atom stereocenters. The predicted octanol–water partition coefficient (Wildman–Crippen LogP) is 17.0. The van der Waals surface area contributed by atoms with Gasteiger partial charge in [-0.05, 0) is 73.9 Å². The Kier molecular flexibility index (Phi) is 17.9. The molecular formula is C59H75OZr-3. The number of rotatable bonds is 4. The summed E-state index contributed by atoms with van der Waals surface area (Å²) in [7, 11) is 0. The minimum absolute atomic E-state index is 0. The summed E-state index contributed by atoms with van der Waals surface area (Å²) in [6.07, 6.45) is 2.19. The fourth-order valence-electron chi connectivity index (χ4n) is 7.41. The summed E-state index contributed by atoms with van der Waals surface area (Å²) >= 11 is 1.51. The van der Waals surface area contributed by atoms with E-state index in [1.165, 1.54) is 95.9 Å². The quantitative estimate of drug-likeness (QED) is 0.175. The molecule has 0 aliphatic heterocycles. The number of benzene rings is 5. The summed E-state index contributed by atoms with van der Waals surface area (Å²) in [6, 6.07) is 46.5. The van der Waals surface area contributed by atoms with Gasteiger partial charge in [-0.3, -0.25) is 0 Å². The van der Waals surface area contributed by atoms with Gasteiger partial charge in [-0.15, -0.1) is 69.1 Å². The van der Waals surface area contributed by atoms with Crippen LogP contribution in [0.2, 0.25) is 0 Å². The number of fused-ring (bicyclic) bond motifs is 2. The maximum absolute atomic E-state index is 9.84. The van der Waals surface area contributed by atoms with Gasteiger partial charge in [0, 0.05) is 0 Å². The molecule has 7 aromatic carbocycles. The average molecular weight is 891 g/mol. The largest absolute Gasteiger partial charge is 0.358 e. The first-order valence-corrected chi connectivity index (χ1v) is 23.3. The van der Waals surface area contributed by atoms with E-state index in [1.807, 2.05) is 13.0 Å². The van der Waals surface area contributed by atoms with E-state index < -0.39 is 0 Å². The Labute approximate surface area is 386 Å². The minimum Gasteiger partial charge on any atom is -0.358 e. The van der Waals surface area contributed by atoms with E-state index in [9.17, 15) is 5.11 Å². The van der Waals surface area contributed by atoms with Gasteiger partial charge in [0.15, 0.2) is 0 Å². The molecule has 61 heavy (non-hydrogen) atoms. The Balaban J connectivity index is 0.000000238. The van der Waals surface area contributed by atoms with Crippen LogP contribution in [0.3, 0.4) is 0 Å². The Morgan fingerprint density at radius 1 is 0.492 bits per heavy atom. The van der Waals surface area contributed by atoms with Crippen molar-refractivity contribution in [3.8, 4) is 28.0 Å². The van der Waals surface area contributed by atoms with Crippen LogP contribution in [0.1, 0.15) is 137 Å². The van der Waals surface area contributed by atoms with E-state index in [4.69, 9.17) is 0 Å². The molecule has 0 bridgehead atoms. The molecule has 0 saturated heterocycles. The second-order valence-electron chi connectivity index (χ2n) is 20.2. The zero-order valence-corrected chi connectivity index (χ0v) is 43.0. The van der Waals surface area contributed by atoms with E-state index in [0.29, 0.717) is 5.75 Å². The standard InChI is InChI=1S/2C21H23.C14H22O.C2H4.CH3.Zr/c2*1-5-15-13-17-7-6-8-19(20(17)14-15)16-9-11-18(12-10-16)21(2,3)4;1-13(2,3)10-7-8-12(15)11(9-10)14(4,5)6;1-2;;/h2*6-14H,5H2,1-4H3;7-9,15H,1-6H3;1H,2H3;1H3;/q2*-1;;;-1;. The Hall–Kier alpha value is -4.13. The summed E-state index contributed by atoms with van der Waals surface area (Å²) in [5.74, 6) is 0.399. The number of phenolic OH excluding ortho intramolecular Hbond substituents is 1. The van der Waals surface area contributed by atoms with Crippen molar-refractivity contribution in [2.75, 3.05) is 0 Å². The molecule has 0 saturated carbocycles. The molecule has 1 N–H and O–H groups in total. The van der Waals surface area contributed by atoms with Crippen LogP contribution in [0.15, 0.2) is 127 Å². The summed E-state index contributed by atoms with van der Waals surface area (Å²) in [5, 5.41) is 15.3. The van der Waals surface area contributed by atoms with Gasteiger partial charge in [0.25, 0.3) is 0 Å². The third-order valence-corrected chi connectivity index (χ3v) is 11.2. The first-order valence-electron chi connectivity index (χ1n) is 21.9. The minimum atomic E-state index is -0.00859. The molecule has 7 aromatic rings. The molecule has 0 spiro atoms. The van der Waals surface area contributed by atoms with Crippen LogP contribution in [-0.2, 0) is 58.7 Å². The average Bonchev–Trinajstić information content (AvgIpc) is 3.82. The van der Waals surface area contributed by atoms with Crippen molar-refractivity contribution >= 4 is 25.3 Å². The second-order valence-corrected chi connectivity index (χ2v) is 21.6. The van der Waals surface area contributed by atoms with Crippen LogP contribution in [0.25, 0.3) is 43.8 Å². The smallest absolute Gasteiger partial charge is 0.358 e. The van der Waals surface area contributed by atoms with Gasteiger partial charge in [0.2, 0.25) is 0 Å². The third-order valence-electron chi connectivity index (χ3n) is 11.2. The van der Waals surface area contributed by atoms with Crippen molar-refractivity contribution in [1.82, 2.24) is 0 Å². The molecule has 0 atom stereocenters. The molecule has 0 fully saturated rings. The van der Waals surface area contributed by atoms with Crippen molar-refractivity contribution < 1.29 is 29.3 Å². The SMILES string of the molecule is CC(C)(C)c1ccc(O)c(C(C)(C)C)c1.CCc1cc2c(-c3ccc(C(C)(C)C)cc3)cccc2[cH-]1.CCc1cc2c(-c3ccc(C(C)(C)C)cc3)cccc2[cH-]1.C[CH]=[Zr].[CH3-]. The molecule has 7 rings (SSSR count). The monoisotopic (exact) mass is 889 g/mol. The molecular weight excluding hydrogens is 816 g/mol. The van der Waals surface area contributed by atoms with Gasteiger partial charge < -0.3 is 12.5 Å². The van der Waals surface area contributed by atoms with Crippen LogP contribution < -0.4 is 0 Å². The van der Waals surface area contributed by atoms with E-state index in [0.717, 1.165) is 18.4 Å². The number of aryl methyl sites for hydroxylation is 2. The number of hydrogen-bond acceptors (Lipinski definition) is 1. The first-order chi connectivity index (χ1) is 28.0. The van der Waals surface area contributed by atoms with Gasteiger partial charge in [-0.2, -0.15) is 12.1 Å². The van der Waals surface area contributed by atoms with Crippen LogP contribution in [-0.4, -0.2) is 8.82 Å². The van der Waals surface area contributed by atoms with Gasteiger partial charge >= 0.3 is 34.9 Å². The van der Waals surface area contributed by atoms with Crippen molar-refractivity contribution in [1.29, 1.82) is 0 Å². The summed E-state index contributed by atoms with van der Waals surface area (Å²) in [4.78, 5) is 0. The van der Waals surface area contributed by atoms with Crippen molar-refractivity contribution in [2.45, 2.75) is 138 Å². The summed E-state index contributed by atoms with van der Waals surface area (Å²) in [6.45, 7) is 32.9. The van der Waals surface area contributed by atoms with Crippen LogP contribution >= 0.6 is 0 Å². The number of hydrogen-bond donors (Lipinski definition) is 1. The van der Waals surface area contributed by atoms with Gasteiger partial charge in [-0.25, -0.2) is 0 Å². The Bertz CT molecular complexity index is 2300. The topological polar surface area (TPSA) is 20.2 Å². The zero-order valence-electron chi connectivity index (χ0n) is 40.6. The molecule has 0 heterocycles. The van der Waals surface area contributed by atoms with Crippen molar-refractivity contribution in [2.24, 2.45) is 0 Å². The van der Waals surface area contributed by atoms with E-state index in [1.54, 1.807) is 6.07 Å². The molecule has 0 aliphatic rings. The maximum atomic E-state index is 9.84. The van der Waals surface area contributed by atoms with E-state index >= 15 is 0 Å². The second kappa shape index (κ2) is 21.3. The maximum Gasteiger partial charge on any atom is -0.358 e. The molecule has 324 valence electrons. The number of aromatic hydroxyl groups is 1. The Morgan fingerprint density at radius 2 is 0.836 bits per heavy atom. The Morgan fingerprint density at radius 3 is 1.15 bits per heavy atom. The third kappa shape index (κ3) is 13.7. The van der Waals surface area contributed by atoms with Crippen LogP contribution in [0.5, 0.6) is 5.75 Å². The van der Waals surface area contributed by atoms with Crippen molar-refractivity contribution in [3.05, 3.63) is 168 Å². The summed E-state index contributed by atoms with van der Waals surface area (Å²) < 4.78 is 2.09. The molecule has 0 amide bonds. The van der Waals surface area contributed by atoms with Gasteiger partial charge in [0.1, 0.15) is 5.75 Å². The zero-order chi connectivity index (χ0) is 44.6. The fourth-order valence-corrected chi connectivity index (χ4v) is 7.41. The van der Waals surface area contributed by atoms with Gasteiger partial charge in [-0.1, -0.05) is 181 Å². The molecule has 1 nitrogen and oxygen atoms in total. The van der Waals surface area contributed by atoms with E-state index in [-0.39, 0.29) is 29.1 Å². The van der Waals surface area contributed by atoms with Crippen LogP contribution in [0, 0.1) is 7.43 Å². The molecule has 0 aliphatic carbocycles. The normalized spacial score (nSPS) is 11.6. The molecule has 0 aromatic heterocycles. The molecule has 0 radical (unpaired) electrons. The predicted molar refractivity (Wildman–Crippen MR) is 270 cm³/mol. The van der Waals surface area contributed by atoms with Crippen LogP contribution in [0.4, 0.5) is 0 Å². The van der Waals surface area contributed by atoms with E-state index in [2.05, 4.69) is 216 Å². The van der Waals surface area contributed by atoms with Gasteiger partial charge in [0.05, 0.1) is 0 Å².